The summed E-state index contributed by atoms with van der Waals surface area (Å²) in [6.07, 6.45) is -2.22. The van der Waals surface area contributed by atoms with Crippen LogP contribution in [-0.4, -0.2) is 29.4 Å². The molecule has 1 aromatic heterocycles. The second-order valence-electron chi connectivity index (χ2n) is 3.30. The lowest BCUT2D eigenvalue weighted by molar-refractivity contribution is -0.119. The Bertz CT molecular complexity index is 327. The maximum atomic E-state index is 12.3. The fraction of sp³-hybridized carbons (Fsp3) is 0.667. The minimum atomic E-state index is -4.24. The second kappa shape index (κ2) is 5.49. The van der Waals surface area contributed by atoms with Crippen molar-refractivity contribution in [3.63, 3.8) is 0 Å². The van der Waals surface area contributed by atoms with Crippen molar-refractivity contribution in [1.82, 2.24) is 4.98 Å². The van der Waals surface area contributed by atoms with Crippen LogP contribution in [0.5, 0.6) is 0 Å². The molecule has 0 aliphatic rings. The molecule has 16 heavy (non-hydrogen) atoms. The van der Waals surface area contributed by atoms with Crippen LogP contribution in [0, 0.1) is 0 Å². The maximum absolute atomic E-state index is 12.3. The highest BCUT2D eigenvalue weighted by atomic mass is 32.1. The van der Waals surface area contributed by atoms with Crippen LogP contribution < -0.4 is 4.90 Å². The molecule has 0 amide bonds. The van der Waals surface area contributed by atoms with Gasteiger partial charge in [0.2, 0.25) is 0 Å². The maximum Gasteiger partial charge on any atom is 0.406 e. The number of alkyl halides is 3. The van der Waals surface area contributed by atoms with Gasteiger partial charge in [0, 0.05) is 12.7 Å². The first-order chi connectivity index (χ1) is 7.46. The summed E-state index contributed by atoms with van der Waals surface area (Å²) >= 11 is 1.09. The van der Waals surface area contributed by atoms with Crippen molar-refractivity contribution in [1.29, 1.82) is 0 Å². The van der Waals surface area contributed by atoms with Crippen LogP contribution in [0.25, 0.3) is 0 Å². The summed E-state index contributed by atoms with van der Waals surface area (Å²) in [6, 6.07) is 0. The molecule has 1 rings (SSSR count). The van der Waals surface area contributed by atoms with Crippen molar-refractivity contribution in [2.45, 2.75) is 26.1 Å². The molecule has 92 valence electrons. The minimum absolute atomic E-state index is 0.191. The lowest BCUT2D eigenvalue weighted by atomic mass is 10.4. The van der Waals surface area contributed by atoms with E-state index in [1.54, 1.807) is 0 Å². The quantitative estimate of drug-likeness (QED) is 0.876. The van der Waals surface area contributed by atoms with Crippen LogP contribution in [0.3, 0.4) is 0 Å². The number of thiazole rings is 1. The summed E-state index contributed by atoms with van der Waals surface area (Å²) in [5.41, 5.74) is 0. The van der Waals surface area contributed by atoms with Crippen molar-refractivity contribution in [3.05, 3.63) is 11.1 Å². The van der Waals surface area contributed by atoms with E-state index in [4.69, 9.17) is 5.11 Å². The van der Waals surface area contributed by atoms with Gasteiger partial charge in [-0.2, -0.15) is 13.2 Å². The average molecular weight is 254 g/mol. The Hall–Kier alpha value is -0.820. The normalized spacial score (nSPS) is 11.8. The molecule has 0 unspecified atom stereocenters. The second-order valence-corrected chi connectivity index (χ2v) is 4.40. The van der Waals surface area contributed by atoms with Gasteiger partial charge in [-0.05, 0) is 6.42 Å². The standard InChI is InChI=1S/C9H13F3N2OS/c1-2-3-14(6-9(10,11)12)8-13-4-7(5-15)16-8/h4,15H,2-3,5-6H2,1H3. The zero-order valence-electron chi connectivity index (χ0n) is 8.79. The van der Waals surface area contributed by atoms with E-state index in [0.29, 0.717) is 23.0 Å². The number of nitrogens with zero attached hydrogens (tertiary/aromatic N) is 2. The molecule has 0 aromatic carbocycles. The highest BCUT2D eigenvalue weighted by Gasteiger charge is 2.31. The van der Waals surface area contributed by atoms with Crippen LogP contribution in [-0.2, 0) is 6.61 Å². The average Bonchev–Trinajstić information content (AvgIpc) is 2.63. The zero-order valence-corrected chi connectivity index (χ0v) is 9.61. The third-order valence-electron chi connectivity index (χ3n) is 1.83. The van der Waals surface area contributed by atoms with Crippen molar-refractivity contribution < 1.29 is 18.3 Å². The molecule has 1 aromatic rings. The number of halogens is 3. The number of rotatable bonds is 5. The van der Waals surface area contributed by atoms with Crippen molar-refractivity contribution in [2.75, 3.05) is 18.0 Å². The van der Waals surface area contributed by atoms with Gasteiger partial charge in [0.25, 0.3) is 0 Å². The third kappa shape index (κ3) is 3.97. The lowest BCUT2D eigenvalue weighted by Gasteiger charge is -2.22. The van der Waals surface area contributed by atoms with E-state index in [1.165, 1.54) is 11.1 Å². The molecule has 7 heteroatoms. The highest BCUT2D eigenvalue weighted by Crippen LogP contribution is 2.26. The Morgan fingerprint density at radius 1 is 1.50 bits per heavy atom. The van der Waals surface area contributed by atoms with Gasteiger partial charge in [-0.3, -0.25) is 0 Å². The Kier molecular flexibility index (Phi) is 4.55. The third-order valence-corrected chi connectivity index (χ3v) is 2.87. The number of aliphatic hydroxyl groups is 1. The predicted molar refractivity (Wildman–Crippen MR) is 56.6 cm³/mol. The van der Waals surface area contributed by atoms with Crippen LogP contribution in [0.2, 0.25) is 0 Å². The van der Waals surface area contributed by atoms with Crippen LogP contribution in [0.15, 0.2) is 6.20 Å². The van der Waals surface area contributed by atoms with Gasteiger partial charge < -0.3 is 10.0 Å². The van der Waals surface area contributed by atoms with Crippen LogP contribution >= 0.6 is 11.3 Å². The van der Waals surface area contributed by atoms with Crippen molar-refractivity contribution >= 4 is 16.5 Å². The number of anilines is 1. The highest BCUT2D eigenvalue weighted by molar-refractivity contribution is 7.15. The van der Waals surface area contributed by atoms with E-state index in [-0.39, 0.29) is 6.61 Å². The summed E-state index contributed by atoms with van der Waals surface area (Å²) in [7, 11) is 0. The summed E-state index contributed by atoms with van der Waals surface area (Å²) in [5.74, 6) is 0. The van der Waals surface area contributed by atoms with E-state index in [0.717, 1.165) is 11.3 Å². The van der Waals surface area contributed by atoms with E-state index in [2.05, 4.69) is 4.98 Å². The summed E-state index contributed by atoms with van der Waals surface area (Å²) in [6.45, 7) is 0.921. The molecular formula is C9H13F3N2OS. The molecule has 0 fully saturated rings. The molecule has 0 spiro atoms. The number of hydrogen-bond acceptors (Lipinski definition) is 4. The minimum Gasteiger partial charge on any atom is -0.391 e. The summed E-state index contributed by atoms with van der Waals surface area (Å²) in [5, 5.41) is 9.13. The Balaban J connectivity index is 2.76. The fourth-order valence-electron chi connectivity index (χ4n) is 1.25. The summed E-state index contributed by atoms with van der Waals surface area (Å²) < 4.78 is 36.9. The monoisotopic (exact) mass is 254 g/mol. The predicted octanol–water partition coefficient (Wildman–Crippen LogP) is 2.41. The van der Waals surface area contributed by atoms with Gasteiger partial charge >= 0.3 is 6.18 Å². The smallest absolute Gasteiger partial charge is 0.391 e. The Morgan fingerprint density at radius 2 is 2.19 bits per heavy atom. The molecule has 3 nitrogen and oxygen atoms in total. The first-order valence-corrected chi connectivity index (χ1v) is 5.65. The molecule has 0 saturated heterocycles. The first kappa shape index (κ1) is 13.2. The Labute approximate surface area is 95.5 Å². The van der Waals surface area contributed by atoms with Gasteiger partial charge in [-0.1, -0.05) is 18.3 Å². The molecule has 0 radical (unpaired) electrons. The zero-order chi connectivity index (χ0) is 12.2. The van der Waals surface area contributed by atoms with E-state index in [9.17, 15) is 13.2 Å². The van der Waals surface area contributed by atoms with Crippen LogP contribution in [0.4, 0.5) is 18.3 Å². The molecule has 1 heterocycles. The van der Waals surface area contributed by atoms with Gasteiger partial charge in [-0.15, -0.1) is 0 Å². The first-order valence-electron chi connectivity index (χ1n) is 4.83. The van der Waals surface area contributed by atoms with E-state index in [1.807, 2.05) is 6.92 Å². The molecule has 1 N–H and O–H groups in total. The van der Waals surface area contributed by atoms with Crippen LogP contribution in [0.1, 0.15) is 18.2 Å². The lowest BCUT2D eigenvalue weighted by Crippen LogP contribution is -2.34. The molecule has 0 saturated carbocycles. The fourth-order valence-corrected chi connectivity index (χ4v) is 2.04. The number of aromatic nitrogens is 1. The largest absolute Gasteiger partial charge is 0.406 e. The SMILES string of the molecule is CCCN(CC(F)(F)F)c1ncc(CO)s1. The molecular weight excluding hydrogens is 241 g/mol. The van der Waals surface area contributed by atoms with Crippen molar-refractivity contribution in [2.24, 2.45) is 0 Å². The van der Waals surface area contributed by atoms with Gasteiger partial charge in [0.15, 0.2) is 5.13 Å². The molecule has 0 atom stereocenters. The van der Waals surface area contributed by atoms with Crippen molar-refractivity contribution in [3.8, 4) is 0 Å². The molecule has 0 aliphatic heterocycles. The van der Waals surface area contributed by atoms with Gasteiger partial charge in [0.05, 0.1) is 11.5 Å². The van der Waals surface area contributed by atoms with E-state index >= 15 is 0 Å². The van der Waals surface area contributed by atoms with Gasteiger partial charge in [0.1, 0.15) is 6.54 Å². The molecule has 0 bridgehead atoms. The van der Waals surface area contributed by atoms with E-state index < -0.39 is 12.7 Å². The number of aliphatic hydroxyl groups excluding tert-OH is 1. The topological polar surface area (TPSA) is 36.4 Å². The summed E-state index contributed by atoms with van der Waals surface area (Å²) in [4.78, 5) is 5.63. The number of hydrogen-bond donors (Lipinski definition) is 1. The molecule has 0 aliphatic carbocycles. The van der Waals surface area contributed by atoms with Gasteiger partial charge in [-0.25, -0.2) is 4.98 Å². The Morgan fingerprint density at radius 3 is 2.62 bits per heavy atom.